The molecule has 0 saturated carbocycles. The van der Waals surface area contributed by atoms with Crippen LogP contribution in [-0.4, -0.2) is 54.7 Å². The van der Waals surface area contributed by atoms with E-state index in [1.807, 2.05) is 0 Å². The molecule has 1 heterocycles. The van der Waals surface area contributed by atoms with Crippen LogP contribution < -0.4 is 11.5 Å². The smallest absolute Gasteiger partial charge is 0.315 e. The molecule has 0 aliphatic carbocycles. The number of urea groups is 1. The monoisotopic (exact) mass is 408 g/mol. The van der Waals surface area contributed by atoms with Gasteiger partial charge in [0.05, 0.1) is 12.1 Å². The fraction of sp³-hybridized carbons (Fsp3) is 0.682. The van der Waals surface area contributed by atoms with Crippen LogP contribution in [0.5, 0.6) is 0 Å². The van der Waals surface area contributed by atoms with Crippen molar-refractivity contribution in [2.45, 2.75) is 70.7 Å². The summed E-state index contributed by atoms with van der Waals surface area (Å²) in [6, 6.07) is 4.31. The Bertz CT molecular complexity index is 658. The summed E-state index contributed by atoms with van der Waals surface area (Å²) >= 11 is 0. The van der Waals surface area contributed by atoms with Crippen molar-refractivity contribution >= 4 is 6.03 Å². The third kappa shape index (κ3) is 6.39. The number of piperidine rings is 1. The van der Waals surface area contributed by atoms with Crippen LogP contribution in [0.2, 0.25) is 0 Å². The molecule has 1 aliphatic rings. The Morgan fingerprint density at radius 2 is 2.17 bits per heavy atom. The molecule has 29 heavy (non-hydrogen) atoms. The van der Waals surface area contributed by atoms with E-state index in [9.17, 15) is 9.18 Å². The van der Waals surface area contributed by atoms with E-state index in [0.29, 0.717) is 12.6 Å². The number of unbranched alkanes of at least 4 members (excludes halogenated alkanes) is 2. The van der Waals surface area contributed by atoms with Crippen molar-refractivity contribution in [3.63, 3.8) is 0 Å². The molecule has 1 aromatic carbocycles. The lowest BCUT2D eigenvalue weighted by atomic mass is 9.88. The van der Waals surface area contributed by atoms with Gasteiger partial charge < -0.3 is 21.1 Å². The minimum atomic E-state index is -0.441. The van der Waals surface area contributed by atoms with Gasteiger partial charge in [0.1, 0.15) is 5.82 Å². The molecule has 0 radical (unpaired) electrons. The van der Waals surface area contributed by atoms with Crippen molar-refractivity contribution in [3.8, 4) is 0 Å². The first kappa shape index (κ1) is 23.6. The maximum absolute atomic E-state index is 13.7. The van der Waals surface area contributed by atoms with Crippen molar-refractivity contribution in [1.82, 2.24) is 9.80 Å². The molecule has 0 aromatic heterocycles. The number of nitrogens with two attached hydrogens (primary N) is 2. The molecule has 1 saturated heterocycles. The molecule has 0 bridgehead atoms. The van der Waals surface area contributed by atoms with Crippen molar-refractivity contribution in [1.29, 1.82) is 0 Å². The van der Waals surface area contributed by atoms with E-state index in [-0.39, 0.29) is 24.5 Å². The van der Waals surface area contributed by atoms with Crippen LogP contribution in [0, 0.1) is 5.82 Å². The molecule has 3 atom stereocenters. The van der Waals surface area contributed by atoms with Crippen molar-refractivity contribution in [2.24, 2.45) is 11.5 Å². The number of carbonyl (C=O) groups excluding carboxylic acids is 1. The second-order valence-corrected chi connectivity index (χ2v) is 8.02. The highest BCUT2D eigenvalue weighted by atomic mass is 19.1. The van der Waals surface area contributed by atoms with Gasteiger partial charge in [0.15, 0.2) is 0 Å². The quantitative estimate of drug-likeness (QED) is 0.581. The molecule has 2 rings (SSSR count). The summed E-state index contributed by atoms with van der Waals surface area (Å²) in [5.74, 6) is -0.317. The number of ether oxygens (including phenoxy) is 1. The van der Waals surface area contributed by atoms with Gasteiger partial charge in [0.25, 0.3) is 0 Å². The minimum absolute atomic E-state index is 0.134. The topological polar surface area (TPSA) is 84.8 Å². The fourth-order valence-electron chi connectivity index (χ4n) is 4.31. The van der Waals surface area contributed by atoms with Gasteiger partial charge in [-0.1, -0.05) is 25.8 Å². The Morgan fingerprint density at radius 3 is 2.79 bits per heavy atom. The van der Waals surface area contributed by atoms with E-state index in [1.54, 1.807) is 18.1 Å². The molecule has 6 nitrogen and oxygen atoms in total. The molecule has 7 heteroatoms. The summed E-state index contributed by atoms with van der Waals surface area (Å²) in [6.45, 7) is 6.94. The van der Waals surface area contributed by atoms with E-state index < -0.39 is 6.03 Å². The van der Waals surface area contributed by atoms with Crippen LogP contribution in [0.4, 0.5) is 9.18 Å². The third-order valence-corrected chi connectivity index (χ3v) is 6.00. The Morgan fingerprint density at radius 1 is 1.41 bits per heavy atom. The van der Waals surface area contributed by atoms with Gasteiger partial charge in [0.2, 0.25) is 0 Å². The zero-order valence-electron chi connectivity index (χ0n) is 18.1. The number of amides is 2. The molecule has 4 N–H and O–H groups in total. The van der Waals surface area contributed by atoms with Gasteiger partial charge in [-0.25, -0.2) is 9.18 Å². The molecule has 2 amide bonds. The van der Waals surface area contributed by atoms with Crippen LogP contribution in [0.25, 0.3) is 0 Å². The van der Waals surface area contributed by atoms with Crippen LogP contribution >= 0.6 is 0 Å². The first-order chi connectivity index (χ1) is 13.9. The fourth-order valence-corrected chi connectivity index (χ4v) is 4.31. The van der Waals surface area contributed by atoms with Crippen molar-refractivity contribution in [2.75, 3.05) is 26.7 Å². The summed E-state index contributed by atoms with van der Waals surface area (Å²) in [4.78, 5) is 16.3. The number of likely N-dealkylation sites (tertiary alicyclic amines) is 1. The first-order valence-electron chi connectivity index (χ1n) is 10.7. The summed E-state index contributed by atoms with van der Waals surface area (Å²) in [6.07, 6.45) is 5.25. The molecule has 164 valence electrons. The van der Waals surface area contributed by atoms with E-state index in [0.717, 1.165) is 43.5 Å². The number of hydrogen-bond donors (Lipinski definition) is 2. The third-order valence-electron chi connectivity index (χ3n) is 6.00. The zero-order valence-corrected chi connectivity index (χ0v) is 18.1. The van der Waals surface area contributed by atoms with Crippen LogP contribution in [0.15, 0.2) is 18.2 Å². The second-order valence-electron chi connectivity index (χ2n) is 8.02. The number of methoxy groups -OCH3 is 1. The van der Waals surface area contributed by atoms with Gasteiger partial charge in [-0.15, -0.1) is 0 Å². The second kappa shape index (κ2) is 11.5. The summed E-state index contributed by atoms with van der Waals surface area (Å²) in [5, 5.41) is 0. The summed E-state index contributed by atoms with van der Waals surface area (Å²) in [5.41, 5.74) is 13.2. The zero-order chi connectivity index (χ0) is 21.4. The van der Waals surface area contributed by atoms with E-state index >= 15 is 0 Å². The summed E-state index contributed by atoms with van der Waals surface area (Å²) in [7, 11) is 1.74. The number of halogens is 1. The SMILES string of the molecule is CCCCCN(CC(C)OC)C1CCN(C(N)=O)C(c2ccc(F)cc2CN)C1. The predicted molar refractivity (Wildman–Crippen MR) is 114 cm³/mol. The van der Waals surface area contributed by atoms with Crippen LogP contribution in [-0.2, 0) is 11.3 Å². The van der Waals surface area contributed by atoms with Gasteiger partial charge in [-0.3, -0.25) is 4.90 Å². The largest absolute Gasteiger partial charge is 0.380 e. The molecule has 0 spiro atoms. The van der Waals surface area contributed by atoms with E-state index in [1.165, 1.54) is 25.0 Å². The maximum Gasteiger partial charge on any atom is 0.315 e. The molecular formula is C22H37FN4O2. The Kier molecular flexibility index (Phi) is 9.33. The van der Waals surface area contributed by atoms with Gasteiger partial charge in [0, 0.05) is 32.8 Å². The molecule has 1 aliphatic heterocycles. The van der Waals surface area contributed by atoms with Crippen LogP contribution in [0.1, 0.15) is 63.1 Å². The lowest BCUT2D eigenvalue weighted by molar-refractivity contribution is 0.0317. The molecule has 1 aromatic rings. The number of benzene rings is 1. The average molecular weight is 409 g/mol. The standard InChI is InChI=1S/C22H37FN4O2/c1-4-5-6-10-26(15-16(2)29-3)19-9-11-27(22(25)28)21(13-19)20-8-7-18(23)12-17(20)14-24/h7-8,12,16,19,21H,4-6,9-11,13-15,24H2,1-3H3,(H2,25,28). The van der Waals surface area contributed by atoms with Gasteiger partial charge >= 0.3 is 6.03 Å². The molecule has 3 unspecified atom stereocenters. The maximum atomic E-state index is 13.7. The number of hydrogen-bond acceptors (Lipinski definition) is 4. The Labute approximate surface area is 174 Å². The highest BCUT2D eigenvalue weighted by Crippen LogP contribution is 2.35. The molecule has 1 fully saturated rings. The van der Waals surface area contributed by atoms with Crippen LogP contribution in [0.3, 0.4) is 0 Å². The lowest BCUT2D eigenvalue weighted by Gasteiger charge is -2.44. The number of carbonyl (C=O) groups is 1. The van der Waals surface area contributed by atoms with Crippen molar-refractivity contribution < 1.29 is 13.9 Å². The van der Waals surface area contributed by atoms with E-state index in [4.69, 9.17) is 16.2 Å². The van der Waals surface area contributed by atoms with Gasteiger partial charge in [-0.2, -0.15) is 0 Å². The number of nitrogens with zero attached hydrogens (tertiary/aromatic N) is 2. The lowest BCUT2D eigenvalue weighted by Crippen LogP contribution is -2.51. The number of rotatable bonds is 10. The predicted octanol–water partition coefficient (Wildman–Crippen LogP) is 3.40. The number of primary amides is 1. The van der Waals surface area contributed by atoms with E-state index in [2.05, 4.69) is 18.7 Å². The van der Waals surface area contributed by atoms with Crippen molar-refractivity contribution in [3.05, 3.63) is 35.1 Å². The normalized spacial score (nSPS) is 20.8. The first-order valence-corrected chi connectivity index (χ1v) is 10.7. The summed E-state index contributed by atoms with van der Waals surface area (Å²) < 4.78 is 19.2. The highest BCUT2D eigenvalue weighted by molar-refractivity contribution is 5.73. The van der Waals surface area contributed by atoms with Gasteiger partial charge in [-0.05, 0) is 56.0 Å². The average Bonchev–Trinajstić information content (AvgIpc) is 2.72. The Hall–Kier alpha value is -1.70. The Balaban J connectivity index is 2.27. The highest BCUT2D eigenvalue weighted by Gasteiger charge is 2.35. The molecular weight excluding hydrogens is 371 g/mol. The minimum Gasteiger partial charge on any atom is -0.380 e.